The van der Waals surface area contributed by atoms with Gasteiger partial charge in [-0.2, -0.15) is 0 Å². The molecule has 0 saturated heterocycles. The molecule has 72 valence electrons. The number of aromatic nitrogens is 1. The van der Waals surface area contributed by atoms with Crippen LogP contribution in [0.15, 0.2) is 6.07 Å². The Morgan fingerprint density at radius 3 is 2.69 bits per heavy atom. The molecule has 1 aromatic rings. The van der Waals surface area contributed by atoms with Crippen molar-refractivity contribution in [3.63, 3.8) is 0 Å². The Bertz CT molecular complexity index is 320. The molecule has 0 aliphatic heterocycles. The molecule has 0 radical (unpaired) electrons. The summed E-state index contributed by atoms with van der Waals surface area (Å²) in [6.45, 7) is 0. The molecule has 0 aromatic carbocycles. The van der Waals surface area contributed by atoms with Gasteiger partial charge in [-0.05, 0) is 34.2 Å². The summed E-state index contributed by atoms with van der Waals surface area (Å²) in [7, 11) is 0. The number of nitrogen functional groups attached to an aromatic ring is 1. The van der Waals surface area contributed by atoms with Crippen molar-refractivity contribution >= 4 is 44.2 Å². The summed E-state index contributed by atoms with van der Waals surface area (Å²) in [4.78, 5) is 3.72. The minimum absolute atomic E-state index is 0.0462. The largest absolute Gasteiger partial charge is 0.397 e. The predicted molar refractivity (Wildman–Crippen MR) is 59.0 cm³/mol. The zero-order chi connectivity index (χ0) is 10.0. The lowest BCUT2D eigenvalue weighted by atomic mass is 10.2. The fourth-order valence-electron chi connectivity index (χ4n) is 0.832. The second-order valence-electron chi connectivity index (χ2n) is 2.35. The monoisotopic (exact) mass is 362 g/mol. The SMILES string of the molecule is Nc1cc(CBr)c(I)nc1C(F)F. The van der Waals surface area contributed by atoms with Crippen LogP contribution in [0.2, 0.25) is 0 Å². The highest BCUT2D eigenvalue weighted by Crippen LogP contribution is 2.26. The third-order valence-electron chi connectivity index (χ3n) is 1.46. The number of hydrogen-bond donors (Lipinski definition) is 1. The second-order valence-corrected chi connectivity index (χ2v) is 3.93. The zero-order valence-corrected chi connectivity index (χ0v) is 10.1. The van der Waals surface area contributed by atoms with E-state index in [1.165, 1.54) is 6.07 Å². The molecule has 6 heteroatoms. The van der Waals surface area contributed by atoms with Crippen LogP contribution in [0.3, 0.4) is 0 Å². The number of rotatable bonds is 2. The van der Waals surface area contributed by atoms with Gasteiger partial charge in [-0.3, -0.25) is 0 Å². The first-order valence-electron chi connectivity index (χ1n) is 3.35. The first kappa shape index (κ1) is 11.1. The van der Waals surface area contributed by atoms with Gasteiger partial charge >= 0.3 is 0 Å². The highest BCUT2D eigenvalue weighted by molar-refractivity contribution is 14.1. The third-order valence-corrected chi connectivity index (χ3v) is 3.00. The molecule has 0 aliphatic carbocycles. The first-order chi connectivity index (χ1) is 6.06. The minimum atomic E-state index is -2.61. The Morgan fingerprint density at radius 2 is 2.23 bits per heavy atom. The van der Waals surface area contributed by atoms with Crippen LogP contribution in [-0.4, -0.2) is 4.98 Å². The average Bonchev–Trinajstić information content (AvgIpc) is 2.07. The normalized spacial score (nSPS) is 10.8. The van der Waals surface area contributed by atoms with Crippen LogP contribution in [0.4, 0.5) is 14.5 Å². The lowest BCUT2D eigenvalue weighted by Crippen LogP contribution is -2.02. The molecule has 2 N–H and O–H groups in total. The van der Waals surface area contributed by atoms with Crippen LogP contribution in [0.5, 0.6) is 0 Å². The molecule has 0 fully saturated rings. The highest BCUT2D eigenvalue weighted by atomic mass is 127. The number of nitrogens with two attached hydrogens (primary N) is 1. The van der Waals surface area contributed by atoms with Crippen LogP contribution in [0, 0.1) is 3.70 Å². The molecule has 1 rings (SSSR count). The fraction of sp³-hybridized carbons (Fsp3) is 0.286. The van der Waals surface area contributed by atoms with Gasteiger partial charge < -0.3 is 5.73 Å². The molecular weight excluding hydrogens is 357 g/mol. The lowest BCUT2D eigenvalue weighted by molar-refractivity contribution is 0.147. The van der Waals surface area contributed by atoms with Gasteiger partial charge in [0.1, 0.15) is 9.39 Å². The third kappa shape index (κ3) is 2.49. The maximum absolute atomic E-state index is 12.3. The van der Waals surface area contributed by atoms with Crippen molar-refractivity contribution in [3.05, 3.63) is 21.0 Å². The number of nitrogens with zero attached hydrogens (tertiary/aromatic N) is 1. The minimum Gasteiger partial charge on any atom is -0.397 e. The summed E-state index contributed by atoms with van der Waals surface area (Å²) in [5.41, 5.74) is 5.93. The highest BCUT2D eigenvalue weighted by Gasteiger charge is 2.15. The van der Waals surface area contributed by atoms with E-state index < -0.39 is 6.43 Å². The Balaban J connectivity index is 3.20. The predicted octanol–water partition coefficient (Wildman–Crippen LogP) is 3.10. The van der Waals surface area contributed by atoms with E-state index in [-0.39, 0.29) is 11.4 Å². The number of alkyl halides is 3. The molecule has 0 unspecified atom stereocenters. The molecule has 0 saturated carbocycles. The van der Waals surface area contributed by atoms with Crippen LogP contribution in [0.25, 0.3) is 0 Å². The van der Waals surface area contributed by atoms with E-state index in [1.54, 1.807) is 0 Å². The molecule has 0 aliphatic rings. The van der Waals surface area contributed by atoms with Crippen molar-refractivity contribution in [2.75, 3.05) is 5.73 Å². The molecule has 0 bridgehead atoms. The van der Waals surface area contributed by atoms with Crippen molar-refractivity contribution in [3.8, 4) is 0 Å². The lowest BCUT2D eigenvalue weighted by Gasteiger charge is -2.07. The van der Waals surface area contributed by atoms with Crippen LogP contribution >= 0.6 is 38.5 Å². The molecule has 13 heavy (non-hydrogen) atoms. The molecular formula is C7H6BrF2IN2. The van der Waals surface area contributed by atoms with E-state index in [2.05, 4.69) is 20.9 Å². The van der Waals surface area contributed by atoms with E-state index in [0.717, 1.165) is 5.56 Å². The molecule has 0 spiro atoms. The molecule has 0 amide bonds. The Morgan fingerprint density at radius 1 is 1.62 bits per heavy atom. The molecule has 2 nitrogen and oxygen atoms in total. The topological polar surface area (TPSA) is 38.9 Å². The van der Waals surface area contributed by atoms with Gasteiger partial charge in [-0.1, -0.05) is 15.9 Å². The zero-order valence-electron chi connectivity index (χ0n) is 6.40. The fourth-order valence-corrected chi connectivity index (χ4v) is 2.39. The second kappa shape index (κ2) is 4.50. The van der Waals surface area contributed by atoms with Gasteiger partial charge in [0.25, 0.3) is 6.43 Å². The number of halogens is 4. The summed E-state index contributed by atoms with van der Waals surface area (Å²) in [5, 5.41) is 0.561. The van der Waals surface area contributed by atoms with Crippen molar-refractivity contribution in [1.29, 1.82) is 0 Å². The summed E-state index contributed by atoms with van der Waals surface area (Å²) >= 11 is 5.12. The number of anilines is 1. The van der Waals surface area contributed by atoms with Crippen molar-refractivity contribution in [2.45, 2.75) is 11.8 Å². The van der Waals surface area contributed by atoms with E-state index in [0.29, 0.717) is 9.03 Å². The van der Waals surface area contributed by atoms with E-state index in [1.807, 2.05) is 22.6 Å². The molecule has 1 heterocycles. The quantitative estimate of drug-likeness (QED) is 0.499. The van der Waals surface area contributed by atoms with Gasteiger partial charge in [-0.15, -0.1) is 0 Å². The molecule has 1 aromatic heterocycles. The Hall–Kier alpha value is 0.0200. The van der Waals surface area contributed by atoms with Crippen LogP contribution in [-0.2, 0) is 5.33 Å². The van der Waals surface area contributed by atoms with Crippen molar-refractivity contribution in [1.82, 2.24) is 4.98 Å². The van der Waals surface area contributed by atoms with E-state index in [9.17, 15) is 8.78 Å². The summed E-state index contributed by atoms with van der Waals surface area (Å²) < 4.78 is 25.1. The first-order valence-corrected chi connectivity index (χ1v) is 5.55. The maximum atomic E-state index is 12.3. The van der Waals surface area contributed by atoms with Crippen LogP contribution in [0.1, 0.15) is 17.7 Å². The van der Waals surface area contributed by atoms with Crippen molar-refractivity contribution < 1.29 is 8.78 Å². The van der Waals surface area contributed by atoms with Crippen LogP contribution < -0.4 is 5.73 Å². The Kier molecular flexibility index (Phi) is 3.84. The van der Waals surface area contributed by atoms with Gasteiger partial charge in [0, 0.05) is 5.33 Å². The standard InChI is InChI=1S/C7H6BrF2IN2/c8-2-3-1-4(12)5(6(9)10)13-7(3)11/h1,6H,2,12H2. The average molecular weight is 363 g/mol. The van der Waals surface area contributed by atoms with E-state index >= 15 is 0 Å². The summed E-state index contributed by atoms with van der Waals surface area (Å²) in [6.07, 6.45) is -2.61. The Labute approximate surface area is 96.2 Å². The smallest absolute Gasteiger partial charge is 0.282 e. The number of hydrogen-bond acceptors (Lipinski definition) is 2. The van der Waals surface area contributed by atoms with Gasteiger partial charge in [-0.25, -0.2) is 13.8 Å². The summed E-state index contributed by atoms with van der Waals surface area (Å²) in [6, 6.07) is 1.52. The van der Waals surface area contributed by atoms with E-state index in [4.69, 9.17) is 5.73 Å². The molecule has 0 atom stereocenters. The summed E-state index contributed by atoms with van der Waals surface area (Å²) in [5.74, 6) is 0. The van der Waals surface area contributed by atoms with Crippen molar-refractivity contribution in [2.24, 2.45) is 0 Å². The van der Waals surface area contributed by atoms with Gasteiger partial charge in [0.05, 0.1) is 5.69 Å². The number of pyridine rings is 1. The van der Waals surface area contributed by atoms with Gasteiger partial charge in [0.15, 0.2) is 0 Å². The van der Waals surface area contributed by atoms with Gasteiger partial charge in [0.2, 0.25) is 0 Å². The maximum Gasteiger partial charge on any atom is 0.282 e.